The first-order valence-corrected chi connectivity index (χ1v) is 14.9. The zero-order valence-corrected chi connectivity index (χ0v) is 23.6. The van der Waals surface area contributed by atoms with E-state index in [-0.39, 0.29) is 35.8 Å². The molecule has 8 nitrogen and oxygen atoms in total. The lowest BCUT2D eigenvalue weighted by atomic mass is 9.82. The van der Waals surface area contributed by atoms with Crippen LogP contribution >= 0.6 is 0 Å². The van der Waals surface area contributed by atoms with Crippen molar-refractivity contribution in [2.75, 3.05) is 13.3 Å². The van der Waals surface area contributed by atoms with E-state index in [0.29, 0.717) is 16.7 Å². The Bertz CT molecular complexity index is 1680. The molecule has 1 fully saturated rings. The number of carbonyl (C=O) groups is 2. The molecule has 0 spiro atoms. The highest BCUT2D eigenvalue weighted by Crippen LogP contribution is 2.36. The number of nitrogens with one attached hydrogen (secondary N) is 2. The number of guanidine groups is 1. The van der Waals surface area contributed by atoms with E-state index in [9.17, 15) is 18.0 Å². The molecule has 4 aromatic carbocycles. The van der Waals surface area contributed by atoms with Crippen LogP contribution in [0.5, 0.6) is 0 Å². The molecule has 4 aromatic rings. The molecule has 0 aliphatic carbocycles. The molecule has 2 amide bonds. The minimum atomic E-state index is -3.45. The molecular formula is C32H30N4O4S. The van der Waals surface area contributed by atoms with Gasteiger partial charge in [-0.2, -0.15) is 0 Å². The topological polar surface area (TPSA) is 111 Å². The maximum atomic E-state index is 14.1. The van der Waals surface area contributed by atoms with Gasteiger partial charge in [-0.15, -0.1) is 0 Å². The number of hydrogen-bond acceptors (Lipinski definition) is 5. The Balaban J connectivity index is 1.40. The zero-order chi connectivity index (χ0) is 29.2. The van der Waals surface area contributed by atoms with Gasteiger partial charge in [0.25, 0.3) is 11.8 Å². The average molecular weight is 567 g/mol. The standard InChI is InChI=1S/C32H30N4O4S/c1-35(22-25-13-9-10-19-28(25)41(2,39)40)29(37)24-14-11-12-23(20-24)21-36-30(38)32(34-31(36)33,26-15-5-3-6-16-26)27-17-7-4-8-18-27/h3-20H,21-22H2,1-2H3,(H2,33,34). The SMILES string of the molecule is CN(Cc1ccccc1S(C)(=O)=O)C(=O)c1cccc(CN2C(=N)NC(c3ccccc3)(c3ccccc3)C2=O)c1. The summed E-state index contributed by atoms with van der Waals surface area (Å²) in [4.78, 5) is 30.5. The lowest BCUT2D eigenvalue weighted by Crippen LogP contribution is -2.45. The van der Waals surface area contributed by atoms with Crippen LogP contribution in [-0.2, 0) is 33.3 Å². The maximum Gasteiger partial charge on any atom is 0.264 e. The Morgan fingerprint density at radius 3 is 2.07 bits per heavy atom. The van der Waals surface area contributed by atoms with Crippen molar-refractivity contribution >= 4 is 27.6 Å². The van der Waals surface area contributed by atoms with Gasteiger partial charge in [0.1, 0.15) is 0 Å². The van der Waals surface area contributed by atoms with Crippen molar-refractivity contribution in [1.29, 1.82) is 5.41 Å². The highest BCUT2D eigenvalue weighted by Gasteiger charge is 2.52. The quantitative estimate of drug-likeness (QED) is 0.333. The van der Waals surface area contributed by atoms with Gasteiger partial charge in [0.05, 0.1) is 11.4 Å². The number of nitrogens with zero attached hydrogens (tertiary/aromatic N) is 2. The summed E-state index contributed by atoms with van der Waals surface area (Å²) >= 11 is 0. The summed E-state index contributed by atoms with van der Waals surface area (Å²) in [5.74, 6) is -0.612. The number of hydrogen-bond donors (Lipinski definition) is 2. The van der Waals surface area contributed by atoms with Gasteiger partial charge in [-0.05, 0) is 40.5 Å². The number of carbonyl (C=O) groups excluding carboxylic acids is 2. The molecule has 0 aromatic heterocycles. The minimum Gasteiger partial charge on any atom is -0.337 e. The number of benzene rings is 4. The van der Waals surface area contributed by atoms with E-state index in [1.54, 1.807) is 49.5 Å². The fraction of sp³-hybridized carbons (Fsp3) is 0.156. The third kappa shape index (κ3) is 5.36. The second-order valence-electron chi connectivity index (χ2n) is 10.1. The van der Waals surface area contributed by atoms with Crippen molar-refractivity contribution in [2.24, 2.45) is 0 Å². The van der Waals surface area contributed by atoms with Crippen LogP contribution in [-0.4, -0.2) is 49.3 Å². The van der Waals surface area contributed by atoms with Crippen LogP contribution in [0.25, 0.3) is 0 Å². The first-order chi connectivity index (χ1) is 19.6. The summed E-state index contributed by atoms with van der Waals surface area (Å²) in [5, 5.41) is 11.9. The number of rotatable bonds is 8. The molecule has 0 radical (unpaired) electrons. The van der Waals surface area contributed by atoms with Crippen molar-refractivity contribution < 1.29 is 18.0 Å². The summed E-state index contributed by atoms with van der Waals surface area (Å²) in [5.41, 5.74) is 1.80. The highest BCUT2D eigenvalue weighted by atomic mass is 32.2. The van der Waals surface area contributed by atoms with Crippen molar-refractivity contribution in [1.82, 2.24) is 15.1 Å². The Labute approximate surface area is 239 Å². The molecule has 1 aliphatic rings. The van der Waals surface area contributed by atoms with Crippen molar-refractivity contribution in [2.45, 2.75) is 23.5 Å². The Kier molecular flexibility index (Phi) is 7.47. The molecule has 9 heteroatoms. The van der Waals surface area contributed by atoms with Crippen LogP contribution in [0.4, 0.5) is 0 Å². The molecule has 5 rings (SSSR count). The third-order valence-electron chi connectivity index (χ3n) is 7.20. The molecule has 1 aliphatic heterocycles. The summed E-state index contributed by atoms with van der Waals surface area (Å²) in [6.45, 7) is 0.204. The van der Waals surface area contributed by atoms with Gasteiger partial charge >= 0.3 is 0 Å². The minimum absolute atomic E-state index is 0.0334. The van der Waals surface area contributed by atoms with E-state index >= 15 is 0 Å². The maximum absolute atomic E-state index is 14.1. The molecule has 0 saturated carbocycles. The zero-order valence-electron chi connectivity index (χ0n) is 22.7. The van der Waals surface area contributed by atoms with Crippen molar-refractivity contribution in [3.8, 4) is 0 Å². The van der Waals surface area contributed by atoms with E-state index in [1.165, 1.54) is 15.9 Å². The van der Waals surface area contributed by atoms with E-state index in [0.717, 1.165) is 17.4 Å². The largest absolute Gasteiger partial charge is 0.337 e. The van der Waals surface area contributed by atoms with Crippen LogP contribution in [0.3, 0.4) is 0 Å². The van der Waals surface area contributed by atoms with Crippen LogP contribution in [0.2, 0.25) is 0 Å². The molecule has 0 unspecified atom stereocenters. The van der Waals surface area contributed by atoms with Gasteiger partial charge in [-0.1, -0.05) is 91.0 Å². The lowest BCUT2D eigenvalue weighted by Gasteiger charge is -2.28. The lowest BCUT2D eigenvalue weighted by molar-refractivity contribution is -0.130. The van der Waals surface area contributed by atoms with Gasteiger partial charge in [0, 0.05) is 25.4 Å². The number of sulfone groups is 1. The first kappa shape index (κ1) is 27.8. The van der Waals surface area contributed by atoms with Gasteiger partial charge in [-0.25, -0.2) is 8.42 Å². The molecule has 41 heavy (non-hydrogen) atoms. The Morgan fingerprint density at radius 1 is 0.878 bits per heavy atom. The molecule has 0 bridgehead atoms. The second kappa shape index (κ2) is 11.0. The molecular weight excluding hydrogens is 536 g/mol. The average Bonchev–Trinajstić information content (AvgIpc) is 3.23. The third-order valence-corrected chi connectivity index (χ3v) is 8.39. The molecule has 208 valence electrons. The van der Waals surface area contributed by atoms with Crippen LogP contribution in [0.1, 0.15) is 32.6 Å². The Morgan fingerprint density at radius 2 is 1.46 bits per heavy atom. The van der Waals surface area contributed by atoms with Crippen LogP contribution < -0.4 is 5.32 Å². The summed E-state index contributed by atoms with van der Waals surface area (Å²) < 4.78 is 24.4. The molecule has 1 heterocycles. The van der Waals surface area contributed by atoms with Crippen molar-refractivity contribution in [3.05, 3.63) is 137 Å². The normalized spacial score (nSPS) is 14.5. The molecule has 1 saturated heterocycles. The predicted octanol–water partition coefficient (Wildman–Crippen LogP) is 4.17. The molecule has 2 N–H and O–H groups in total. The Hall–Kier alpha value is -4.76. The highest BCUT2D eigenvalue weighted by molar-refractivity contribution is 7.90. The first-order valence-electron chi connectivity index (χ1n) is 13.0. The fourth-order valence-electron chi connectivity index (χ4n) is 5.22. The summed E-state index contributed by atoms with van der Waals surface area (Å²) in [6.07, 6.45) is 1.15. The van der Waals surface area contributed by atoms with Gasteiger partial charge in [-0.3, -0.25) is 19.9 Å². The van der Waals surface area contributed by atoms with E-state index in [2.05, 4.69) is 5.32 Å². The smallest absolute Gasteiger partial charge is 0.264 e. The van der Waals surface area contributed by atoms with E-state index in [4.69, 9.17) is 5.41 Å². The van der Waals surface area contributed by atoms with Gasteiger partial charge in [0.2, 0.25) is 0 Å². The van der Waals surface area contributed by atoms with Crippen LogP contribution in [0.15, 0.2) is 114 Å². The predicted molar refractivity (Wildman–Crippen MR) is 157 cm³/mol. The monoisotopic (exact) mass is 566 g/mol. The van der Waals surface area contributed by atoms with E-state index in [1.807, 2.05) is 60.7 Å². The summed E-state index contributed by atoms with van der Waals surface area (Å²) in [7, 11) is -1.83. The van der Waals surface area contributed by atoms with Gasteiger partial charge in [0.15, 0.2) is 21.3 Å². The van der Waals surface area contributed by atoms with Crippen LogP contribution in [0, 0.1) is 5.41 Å². The van der Waals surface area contributed by atoms with Gasteiger partial charge < -0.3 is 10.2 Å². The number of amides is 2. The second-order valence-corrected chi connectivity index (χ2v) is 12.1. The fourth-order valence-corrected chi connectivity index (χ4v) is 6.15. The molecule has 0 atom stereocenters. The van der Waals surface area contributed by atoms with E-state index < -0.39 is 15.4 Å². The summed E-state index contributed by atoms with van der Waals surface area (Å²) in [6, 6.07) is 32.2. The van der Waals surface area contributed by atoms with Crippen molar-refractivity contribution in [3.63, 3.8) is 0 Å².